The fourth-order valence-corrected chi connectivity index (χ4v) is 2.39. The molecule has 0 aromatic heterocycles. The molecule has 0 saturated carbocycles. The second-order valence-electron chi connectivity index (χ2n) is 4.98. The van der Waals surface area contributed by atoms with E-state index in [1.54, 1.807) is 6.07 Å². The molecule has 20 heavy (non-hydrogen) atoms. The number of aryl methyl sites for hydroxylation is 1. The van der Waals surface area contributed by atoms with E-state index in [0.29, 0.717) is 11.6 Å². The van der Waals surface area contributed by atoms with Crippen LogP contribution in [0, 0.1) is 5.82 Å². The second kappa shape index (κ2) is 6.87. The monoisotopic (exact) mass is 291 g/mol. The first kappa shape index (κ1) is 15.0. The van der Waals surface area contributed by atoms with Gasteiger partial charge in [0.2, 0.25) is 0 Å². The average molecular weight is 292 g/mol. The Morgan fingerprint density at radius 3 is 2.40 bits per heavy atom. The van der Waals surface area contributed by atoms with Gasteiger partial charge in [-0.15, -0.1) is 0 Å². The molecule has 0 aliphatic rings. The summed E-state index contributed by atoms with van der Waals surface area (Å²) in [5.41, 5.74) is 3.41. The summed E-state index contributed by atoms with van der Waals surface area (Å²) in [5.74, 6) is -0.297. The zero-order chi connectivity index (χ0) is 14.5. The van der Waals surface area contributed by atoms with Gasteiger partial charge in [-0.05, 0) is 48.2 Å². The molecule has 1 N–H and O–H groups in total. The lowest BCUT2D eigenvalue weighted by Gasteiger charge is -2.15. The molecule has 0 radical (unpaired) electrons. The van der Waals surface area contributed by atoms with Crippen molar-refractivity contribution < 1.29 is 4.39 Å². The summed E-state index contributed by atoms with van der Waals surface area (Å²) in [6.07, 6.45) is 1.05. The molecular weight excluding hydrogens is 273 g/mol. The van der Waals surface area contributed by atoms with Crippen LogP contribution in [0.2, 0.25) is 5.02 Å². The van der Waals surface area contributed by atoms with Gasteiger partial charge in [0, 0.05) is 17.6 Å². The van der Waals surface area contributed by atoms with Crippen LogP contribution in [0.3, 0.4) is 0 Å². The quantitative estimate of drug-likeness (QED) is 0.827. The molecule has 0 amide bonds. The summed E-state index contributed by atoms with van der Waals surface area (Å²) in [6.45, 7) is 4.83. The average Bonchev–Trinajstić information content (AvgIpc) is 2.44. The van der Waals surface area contributed by atoms with Gasteiger partial charge in [0.15, 0.2) is 0 Å². The van der Waals surface area contributed by atoms with Gasteiger partial charge in [-0.2, -0.15) is 0 Å². The van der Waals surface area contributed by atoms with Crippen LogP contribution in [0.5, 0.6) is 0 Å². The van der Waals surface area contributed by atoms with E-state index >= 15 is 0 Å². The van der Waals surface area contributed by atoms with E-state index in [-0.39, 0.29) is 11.9 Å². The first-order chi connectivity index (χ1) is 9.58. The van der Waals surface area contributed by atoms with Crippen LogP contribution >= 0.6 is 11.6 Å². The summed E-state index contributed by atoms with van der Waals surface area (Å²) in [5, 5.41) is 3.81. The van der Waals surface area contributed by atoms with Gasteiger partial charge in [-0.25, -0.2) is 4.39 Å². The van der Waals surface area contributed by atoms with Gasteiger partial charge >= 0.3 is 0 Å². The van der Waals surface area contributed by atoms with Crippen LogP contribution in [0.25, 0.3) is 0 Å². The smallest absolute Gasteiger partial charge is 0.125 e. The number of halogens is 2. The number of benzene rings is 2. The molecule has 0 fully saturated rings. The first-order valence-electron chi connectivity index (χ1n) is 6.85. The molecule has 0 bridgehead atoms. The summed E-state index contributed by atoms with van der Waals surface area (Å²) in [7, 11) is 0. The second-order valence-corrected chi connectivity index (χ2v) is 5.41. The topological polar surface area (TPSA) is 12.0 Å². The largest absolute Gasteiger partial charge is 0.306 e. The van der Waals surface area contributed by atoms with Crippen molar-refractivity contribution in [2.75, 3.05) is 0 Å². The molecule has 0 aliphatic heterocycles. The van der Waals surface area contributed by atoms with Gasteiger partial charge < -0.3 is 5.32 Å². The molecule has 1 nitrogen and oxygen atoms in total. The molecule has 2 aromatic carbocycles. The van der Waals surface area contributed by atoms with E-state index in [1.807, 2.05) is 0 Å². The predicted octanol–water partition coefficient (Wildman–Crippen LogP) is 4.89. The van der Waals surface area contributed by atoms with E-state index < -0.39 is 0 Å². The van der Waals surface area contributed by atoms with Crippen LogP contribution in [0.4, 0.5) is 4.39 Å². The third-order valence-electron chi connectivity index (χ3n) is 3.42. The lowest BCUT2D eigenvalue weighted by Crippen LogP contribution is -2.18. The Morgan fingerprint density at radius 1 is 1.10 bits per heavy atom. The standard InChI is InChI=1S/C17H19ClFN/c1-3-13-4-6-15(7-5-13)12(2)20-11-14-8-16(18)10-17(19)9-14/h4-10,12,20H,3,11H2,1-2H3. The third-order valence-corrected chi connectivity index (χ3v) is 3.64. The summed E-state index contributed by atoms with van der Waals surface area (Å²) in [6, 6.07) is 13.4. The van der Waals surface area contributed by atoms with Crippen molar-refractivity contribution in [1.29, 1.82) is 0 Å². The van der Waals surface area contributed by atoms with E-state index in [0.717, 1.165) is 12.0 Å². The molecular formula is C17H19ClFN. The number of hydrogen-bond donors (Lipinski definition) is 1. The Hall–Kier alpha value is -1.38. The Kier molecular flexibility index (Phi) is 5.16. The van der Waals surface area contributed by atoms with Crippen LogP contribution in [0.1, 0.15) is 36.6 Å². The van der Waals surface area contributed by atoms with Crippen molar-refractivity contribution in [3.8, 4) is 0 Å². The maximum absolute atomic E-state index is 13.2. The minimum Gasteiger partial charge on any atom is -0.306 e. The van der Waals surface area contributed by atoms with Gasteiger partial charge in [0.1, 0.15) is 5.82 Å². The van der Waals surface area contributed by atoms with Gasteiger partial charge in [-0.3, -0.25) is 0 Å². The maximum Gasteiger partial charge on any atom is 0.125 e. The number of nitrogens with one attached hydrogen (secondary N) is 1. The maximum atomic E-state index is 13.2. The molecule has 2 aromatic rings. The molecule has 106 valence electrons. The Morgan fingerprint density at radius 2 is 1.80 bits per heavy atom. The fourth-order valence-electron chi connectivity index (χ4n) is 2.14. The Balaban J connectivity index is 1.98. The lowest BCUT2D eigenvalue weighted by atomic mass is 10.0. The summed E-state index contributed by atoms with van der Waals surface area (Å²) < 4.78 is 13.2. The van der Waals surface area contributed by atoms with E-state index in [9.17, 15) is 4.39 Å². The highest BCUT2D eigenvalue weighted by Crippen LogP contribution is 2.17. The van der Waals surface area contributed by atoms with E-state index in [4.69, 9.17) is 11.6 Å². The summed E-state index contributed by atoms with van der Waals surface area (Å²) >= 11 is 5.85. The molecule has 3 heteroatoms. The Labute approximate surface area is 124 Å². The van der Waals surface area contributed by atoms with Crippen molar-refractivity contribution in [2.45, 2.75) is 32.9 Å². The lowest BCUT2D eigenvalue weighted by molar-refractivity contribution is 0.569. The highest BCUT2D eigenvalue weighted by molar-refractivity contribution is 6.30. The van der Waals surface area contributed by atoms with Crippen LogP contribution in [-0.2, 0) is 13.0 Å². The fraction of sp³-hybridized carbons (Fsp3) is 0.294. The first-order valence-corrected chi connectivity index (χ1v) is 7.23. The minimum atomic E-state index is -0.297. The molecule has 0 heterocycles. The van der Waals surface area contributed by atoms with Crippen molar-refractivity contribution in [2.24, 2.45) is 0 Å². The van der Waals surface area contributed by atoms with Crippen molar-refractivity contribution in [1.82, 2.24) is 5.32 Å². The zero-order valence-corrected chi connectivity index (χ0v) is 12.5. The predicted molar refractivity (Wildman–Crippen MR) is 82.5 cm³/mol. The SMILES string of the molecule is CCc1ccc(C(C)NCc2cc(F)cc(Cl)c2)cc1. The minimum absolute atomic E-state index is 0.211. The van der Waals surface area contributed by atoms with Crippen LogP contribution in [-0.4, -0.2) is 0 Å². The Bertz CT molecular complexity index is 545. The molecule has 0 saturated heterocycles. The highest BCUT2D eigenvalue weighted by Gasteiger charge is 2.06. The third kappa shape index (κ3) is 4.06. The molecule has 0 aliphatic carbocycles. The molecule has 2 rings (SSSR count). The number of hydrogen-bond acceptors (Lipinski definition) is 1. The normalized spacial score (nSPS) is 12.4. The van der Waals surface area contributed by atoms with Gasteiger partial charge in [0.05, 0.1) is 0 Å². The van der Waals surface area contributed by atoms with Gasteiger partial charge in [-0.1, -0.05) is 42.8 Å². The number of rotatable bonds is 5. The van der Waals surface area contributed by atoms with Crippen molar-refractivity contribution in [3.05, 3.63) is 70.0 Å². The van der Waals surface area contributed by atoms with Crippen LogP contribution < -0.4 is 5.32 Å². The molecule has 0 spiro atoms. The summed E-state index contributed by atoms with van der Waals surface area (Å²) in [4.78, 5) is 0. The van der Waals surface area contributed by atoms with E-state index in [2.05, 4.69) is 43.4 Å². The van der Waals surface area contributed by atoms with E-state index in [1.165, 1.54) is 23.3 Å². The van der Waals surface area contributed by atoms with Crippen molar-refractivity contribution >= 4 is 11.6 Å². The molecule has 1 atom stereocenters. The van der Waals surface area contributed by atoms with Gasteiger partial charge in [0.25, 0.3) is 0 Å². The van der Waals surface area contributed by atoms with Crippen LogP contribution in [0.15, 0.2) is 42.5 Å². The highest BCUT2D eigenvalue weighted by atomic mass is 35.5. The zero-order valence-electron chi connectivity index (χ0n) is 11.8. The van der Waals surface area contributed by atoms with Crippen molar-refractivity contribution in [3.63, 3.8) is 0 Å². The molecule has 1 unspecified atom stereocenters.